The number of halogens is 3. The first-order valence-electron chi connectivity index (χ1n) is 6.44. The lowest BCUT2D eigenvalue weighted by Gasteiger charge is -2.22. The molecule has 21 heavy (non-hydrogen) atoms. The molecule has 0 aliphatic carbocycles. The quantitative estimate of drug-likeness (QED) is 0.820. The molecule has 0 aliphatic heterocycles. The summed E-state index contributed by atoms with van der Waals surface area (Å²) in [6, 6.07) is 6.24. The van der Waals surface area contributed by atoms with Crippen LogP contribution in [0.15, 0.2) is 30.5 Å². The van der Waals surface area contributed by atoms with E-state index >= 15 is 0 Å². The lowest BCUT2D eigenvalue weighted by atomic mass is 10.1. The molecule has 3 nitrogen and oxygen atoms in total. The van der Waals surface area contributed by atoms with Crippen LogP contribution in [0.1, 0.15) is 18.5 Å². The molecule has 0 saturated heterocycles. The Morgan fingerprint density at radius 2 is 1.95 bits per heavy atom. The summed E-state index contributed by atoms with van der Waals surface area (Å²) in [4.78, 5) is 6.20. The first kappa shape index (κ1) is 15.9. The van der Waals surface area contributed by atoms with Crippen molar-refractivity contribution in [3.8, 4) is 0 Å². The molecule has 0 radical (unpaired) electrons. The van der Waals surface area contributed by atoms with E-state index < -0.39 is 5.82 Å². The number of benzene rings is 1. The van der Waals surface area contributed by atoms with Crippen LogP contribution in [-0.2, 0) is 0 Å². The second-order valence-electron chi connectivity index (χ2n) is 4.89. The molecule has 0 fully saturated rings. The number of pyridine rings is 1. The average molecular weight is 328 g/mol. The predicted molar refractivity (Wildman–Crippen MR) is 87.0 cm³/mol. The molecule has 0 saturated carbocycles. The minimum Gasteiger partial charge on any atom is -0.375 e. The van der Waals surface area contributed by atoms with Gasteiger partial charge in [-0.1, -0.05) is 23.2 Å². The maximum Gasteiger partial charge on any atom is 0.151 e. The maximum atomic E-state index is 13.6. The van der Waals surface area contributed by atoms with E-state index in [1.807, 2.05) is 38.1 Å². The normalized spacial score (nSPS) is 12.1. The summed E-state index contributed by atoms with van der Waals surface area (Å²) in [6.07, 6.45) is 1.72. The van der Waals surface area contributed by atoms with Crippen LogP contribution in [0.3, 0.4) is 0 Å². The molecule has 0 amide bonds. The Kier molecular flexibility index (Phi) is 4.91. The van der Waals surface area contributed by atoms with Gasteiger partial charge in [0.1, 0.15) is 5.82 Å². The number of nitrogens with one attached hydrogen (secondary N) is 1. The van der Waals surface area contributed by atoms with Crippen LogP contribution in [0.2, 0.25) is 10.0 Å². The van der Waals surface area contributed by atoms with Crippen LogP contribution >= 0.6 is 23.2 Å². The highest BCUT2D eigenvalue weighted by Crippen LogP contribution is 2.35. The Hall–Kier alpha value is -1.52. The van der Waals surface area contributed by atoms with Crippen LogP contribution in [0, 0.1) is 5.82 Å². The van der Waals surface area contributed by atoms with E-state index in [1.54, 1.807) is 6.20 Å². The topological polar surface area (TPSA) is 28.2 Å². The van der Waals surface area contributed by atoms with E-state index in [9.17, 15) is 4.39 Å². The molecule has 1 unspecified atom stereocenters. The molecular formula is C15H16Cl2FN3. The first-order chi connectivity index (χ1) is 9.91. The van der Waals surface area contributed by atoms with E-state index in [2.05, 4.69) is 10.3 Å². The highest BCUT2D eigenvalue weighted by molar-refractivity contribution is 6.36. The molecule has 112 valence electrons. The van der Waals surface area contributed by atoms with Gasteiger partial charge in [-0.05, 0) is 31.2 Å². The summed E-state index contributed by atoms with van der Waals surface area (Å²) in [6.45, 7) is 1.87. The molecule has 2 aromatic rings. The minimum atomic E-state index is -0.483. The van der Waals surface area contributed by atoms with Crippen molar-refractivity contribution in [3.05, 3.63) is 51.9 Å². The summed E-state index contributed by atoms with van der Waals surface area (Å²) in [7, 11) is 3.81. The Morgan fingerprint density at radius 1 is 1.24 bits per heavy atom. The summed E-state index contributed by atoms with van der Waals surface area (Å²) in [5.41, 5.74) is 1.36. The van der Waals surface area contributed by atoms with Crippen molar-refractivity contribution in [2.75, 3.05) is 24.3 Å². The molecule has 6 heteroatoms. The van der Waals surface area contributed by atoms with Gasteiger partial charge >= 0.3 is 0 Å². The SMILES string of the molecule is CC(Nc1cccnc1N(C)C)c1c(Cl)ccc(F)c1Cl. The van der Waals surface area contributed by atoms with E-state index in [1.165, 1.54) is 12.1 Å². The highest BCUT2D eigenvalue weighted by Gasteiger charge is 2.18. The number of nitrogens with zero attached hydrogens (tertiary/aromatic N) is 2. The fourth-order valence-corrected chi connectivity index (χ4v) is 2.81. The zero-order valence-corrected chi connectivity index (χ0v) is 13.5. The third-order valence-corrected chi connectivity index (χ3v) is 3.81. The molecule has 1 atom stereocenters. The minimum absolute atomic E-state index is 0.0396. The van der Waals surface area contributed by atoms with Gasteiger partial charge in [0.15, 0.2) is 5.82 Å². The molecule has 0 aliphatic rings. The number of anilines is 2. The van der Waals surface area contributed by atoms with Gasteiger partial charge in [-0.3, -0.25) is 0 Å². The summed E-state index contributed by atoms with van der Waals surface area (Å²) >= 11 is 12.2. The van der Waals surface area contributed by atoms with Gasteiger partial charge in [0.05, 0.1) is 16.8 Å². The average Bonchev–Trinajstić information content (AvgIpc) is 2.43. The summed E-state index contributed by atoms with van der Waals surface area (Å²) < 4.78 is 13.6. The van der Waals surface area contributed by atoms with Gasteiger partial charge < -0.3 is 10.2 Å². The van der Waals surface area contributed by atoms with Crippen LogP contribution in [0.25, 0.3) is 0 Å². The van der Waals surface area contributed by atoms with Crippen molar-refractivity contribution >= 4 is 34.7 Å². The van der Waals surface area contributed by atoms with Crippen LogP contribution in [-0.4, -0.2) is 19.1 Å². The molecule has 1 aromatic carbocycles. The first-order valence-corrected chi connectivity index (χ1v) is 7.19. The smallest absolute Gasteiger partial charge is 0.151 e. The van der Waals surface area contributed by atoms with Crippen molar-refractivity contribution in [2.45, 2.75) is 13.0 Å². The molecule has 1 heterocycles. The van der Waals surface area contributed by atoms with Gasteiger partial charge in [0, 0.05) is 30.9 Å². The fourth-order valence-electron chi connectivity index (χ4n) is 2.11. The Labute approximate surface area is 133 Å². The molecular weight excluding hydrogens is 312 g/mol. The van der Waals surface area contributed by atoms with E-state index in [0.29, 0.717) is 10.6 Å². The van der Waals surface area contributed by atoms with Crippen molar-refractivity contribution in [1.82, 2.24) is 4.98 Å². The monoisotopic (exact) mass is 327 g/mol. The Bertz CT molecular complexity index is 647. The fraction of sp³-hybridized carbons (Fsp3) is 0.267. The van der Waals surface area contributed by atoms with Crippen LogP contribution in [0.5, 0.6) is 0 Å². The van der Waals surface area contributed by atoms with Crippen LogP contribution in [0.4, 0.5) is 15.9 Å². The number of aromatic nitrogens is 1. The zero-order valence-electron chi connectivity index (χ0n) is 12.0. The van der Waals surface area contributed by atoms with Crippen molar-refractivity contribution in [2.24, 2.45) is 0 Å². The number of hydrogen-bond donors (Lipinski definition) is 1. The second kappa shape index (κ2) is 6.50. The third kappa shape index (κ3) is 3.39. The van der Waals surface area contributed by atoms with Gasteiger partial charge in [-0.25, -0.2) is 9.37 Å². The number of rotatable bonds is 4. The third-order valence-electron chi connectivity index (χ3n) is 3.09. The van der Waals surface area contributed by atoms with Gasteiger partial charge in [0.25, 0.3) is 0 Å². The van der Waals surface area contributed by atoms with Gasteiger partial charge in [0.2, 0.25) is 0 Å². The summed E-state index contributed by atoms with van der Waals surface area (Å²) in [5.74, 6) is 0.303. The lowest BCUT2D eigenvalue weighted by Crippen LogP contribution is -2.16. The zero-order chi connectivity index (χ0) is 15.6. The Morgan fingerprint density at radius 3 is 2.62 bits per heavy atom. The van der Waals surface area contributed by atoms with Gasteiger partial charge in [-0.15, -0.1) is 0 Å². The number of hydrogen-bond acceptors (Lipinski definition) is 3. The molecule has 2 rings (SSSR count). The van der Waals surface area contributed by atoms with E-state index in [-0.39, 0.29) is 11.1 Å². The summed E-state index contributed by atoms with van der Waals surface area (Å²) in [5, 5.41) is 3.74. The van der Waals surface area contributed by atoms with E-state index in [4.69, 9.17) is 23.2 Å². The highest BCUT2D eigenvalue weighted by atomic mass is 35.5. The van der Waals surface area contributed by atoms with Crippen LogP contribution < -0.4 is 10.2 Å². The molecule has 0 bridgehead atoms. The standard InChI is InChI=1S/C15H16Cl2FN3/c1-9(13-10(16)6-7-11(18)14(13)17)20-12-5-4-8-19-15(12)21(2)3/h4-9,20H,1-3H3. The molecule has 0 spiro atoms. The van der Waals surface area contributed by atoms with Gasteiger partial charge in [-0.2, -0.15) is 0 Å². The van der Waals surface area contributed by atoms with Crippen molar-refractivity contribution < 1.29 is 4.39 Å². The van der Waals surface area contributed by atoms with Crippen molar-refractivity contribution in [3.63, 3.8) is 0 Å². The van der Waals surface area contributed by atoms with E-state index in [0.717, 1.165) is 11.5 Å². The maximum absolute atomic E-state index is 13.6. The molecule has 1 N–H and O–H groups in total. The largest absolute Gasteiger partial charge is 0.375 e. The second-order valence-corrected chi connectivity index (χ2v) is 5.68. The lowest BCUT2D eigenvalue weighted by molar-refractivity contribution is 0.624. The van der Waals surface area contributed by atoms with Crippen molar-refractivity contribution in [1.29, 1.82) is 0 Å². The predicted octanol–water partition coefficient (Wildman–Crippen LogP) is 4.77. The Balaban J connectivity index is 2.35. The molecule has 1 aromatic heterocycles.